The lowest BCUT2D eigenvalue weighted by atomic mass is 9.99. The fourth-order valence-corrected chi connectivity index (χ4v) is 4.39. The van der Waals surface area contributed by atoms with Gasteiger partial charge in [0.05, 0.1) is 11.3 Å². The van der Waals surface area contributed by atoms with E-state index < -0.39 is 27.1 Å². The van der Waals surface area contributed by atoms with E-state index in [4.69, 9.17) is 11.6 Å². The maximum Gasteiger partial charge on any atom is 0.332 e. The highest BCUT2D eigenvalue weighted by molar-refractivity contribution is 7.93. The summed E-state index contributed by atoms with van der Waals surface area (Å²) in [5.74, 6) is -2.05. The topological polar surface area (TPSA) is 74.7 Å². The number of allylic oxidation sites excluding steroid dienone is 1. The Kier molecular flexibility index (Phi) is 4.77. The Morgan fingerprint density at radius 1 is 1.45 bits per heavy atom. The van der Waals surface area contributed by atoms with E-state index in [2.05, 4.69) is 0 Å². The number of sulfonamides is 1. The predicted octanol–water partition coefficient (Wildman–Crippen LogP) is 2.81. The van der Waals surface area contributed by atoms with Crippen LogP contribution in [0.4, 0.5) is 10.1 Å². The summed E-state index contributed by atoms with van der Waals surface area (Å²) in [6, 6.07) is 3.64. The molecule has 1 atom stereocenters. The maximum atomic E-state index is 13.9. The number of carboxylic acid groups (broad SMARTS) is 1. The molecule has 0 aliphatic heterocycles. The third-order valence-electron chi connectivity index (χ3n) is 3.62. The Bertz CT molecular complexity index is 732. The first kappa shape index (κ1) is 16.8. The largest absolute Gasteiger partial charge is 0.478 e. The molecule has 22 heavy (non-hydrogen) atoms. The van der Waals surface area contributed by atoms with Gasteiger partial charge in [0.2, 0.25) is 10.0 Å². The van der Waals surface area contributed by atoms with Gasteiger partial charge in [0.15, 0.2) is 0 Å². The Morgan fingerprint density at radius 3 is 2.73 bits per heavy atom. The van der Waals surface area contributed by atoms with Crippen molar-refractivity contribution in [1.29, 1.82) is 0 Å². The van der Waals surface area contributed by atoms with Crippen molar-refractivity contribution < 1.29 is 22.7 Å². The van der Waals surface area contributed by atoms with Gasteiger partial charge < -0.3 is 5.11 Å². The van der Waals surface area contributed by atoms with Crippen LogP contribution in [0.25, 0.3) is 0 Å². The SMILES string of the molecule is CN(c1ccc(Cl)cc1F)S(=O)(=O)C1CCCC=C1C(=O)O. The summed E-state index contributed by atoms with van der Waals surface area (Å²) in [6.45, 7) is 0. The molecule has 0 saturated carbocycles. The van der Waals surface area contributed by atoms with Crippen molar-refractivity contribution in [3.05, 3.63) is 40.7 Å². The van der Waals surface area contributed by atoms with Crippen molar-refractivity contribution in [1.82, 2.24) is 0 Å². The molecule has 1 aromatic rings. The lowest BCUT2D eigenvalue weighted by Gasteiger charge is -2.28. The third kappa shape index (κ3) is 3.10. The Hall–Kier alpha value is -1.60. The summed E-state index contributed by atoms with van der Waals surface area (Å²) < 4.78 is 40.0. The van der Waals surface area contributed by atoms with E-state index in [1.54, 1.807) is 0 Å². The van der Waals surface area contributed by atoms with E-state index >= 15 is 0 Å². The van der Waals surface area contributed by atoms with Crippen LogP contribution in [0.1, 0.15) is 19.3 Å². The molecule has 5 nitrogen and oxygen atoms in total. The Morgan fingerprint density at radius 2 is 2.14 bits per heavy atom. The van der Waals surface area contributed by atoms with Gasteiger partial charge in [-0.15, -0.1) is 0 Å². The van der Waals surface area contributed by atoms with Gasteiger partial charge in [-0.05, 0) is 37.5 Å². The zero-order valence-corrected chi connectivity index (χ0v) is 13.4. The second-order valence-electron chi connectivity index (χ2n) is 4.99. The third-order valence-corrected chi connectivity index (χ3v) is 6.02. The van der Waals surface area contributed by atoms with E-state index in [1.165, 1.54) is 25.3 Å². The van der Waals surface area contributed by atoms with Gasteiger partial charge in [0.1, 0.15) is 11.1 Å². The van der Waals surface area contributed by atoms with Crippen molar-refractivity contribution in [2.45, 2.75) is 24.5 Å². The van der Waals surface area contributed by atoms with Crippen LogP contribution in [0.3, 0.4) is 0 Å². The molecule has 1 aliphatic carbocycles. The fourth-order valence-electron chi connectivity index (χ4n) is 2.45. The molecule has 8 heteroatoms. The van der Waals surface area contributed by atoms with Crippen LogP contribution in [0.5, 0.6) is 0 Å². The van der Waals surface area contributed by atoms with E-state index in [0.29, 0.717) is 12.8 Å². The van der Waals surface area contributed by atoms with Crippen LogP contribution in [-0.4, -0.2) is 31.8 Å². The monoisotopic (exact) mass is 347 g/mol. The second-order valence-corrected chi connectivity index (χ2v) is 7.58. The van der Waals surface area contributed by atoms with E-state index in [-0.39, 0.29) is 22.7 Å². The van der Waals surface area contributed by atoms with E-state index in [1.807, 2.05) is 0 Å². The minimum Gasteiger partial charge on any atom is -0.478 e. The molecule has 0 heterocycles. The molecule has 0 spiro atoms. The van der Waals surface area contributed by atoms with Gasteiger partial charge in [0, 0.05) is 12.1 Å². The molecule has 0 fully saturated rings. The lowest BCUT2D eigenvalue weighted by Crippen LogP contribution is -2.40. The molecule has 1 aliphatic rings. The first-order valence-electron chi connectivity index (χ1n) is 6.61. The number of rotatable bonds is 4. The smallest absolute Gasteiger partial charge is 0.332 e. The minimum atomic E-state index is -4.04. The second kappa shape index (κ2) is 6.26. The number of halogens is 2. The van der Waals surface area contributed by atoms with Gasteiger partial charge >= 0.3 is 5.97 Å². The first-order valence-corrected chi connectivity index (χ1v) is 8.49. The molecule has 0 radical (unpaired) electrons. The summed E-state index contributed by atoms with van der Waals surface area (Å²) in [5.41, 5.74) is -0.327. The van der Waals surface area contributed by atoms with E-state index in [0.717, 1.165) is 10.4 Å². The predicted molar refractivity (Wildman–Crippen MR) is 82.1 cm³/mol. The van der Waals surface area contributed by atoms with Crippen LogP contribution in [-0.2, 0) is 14.8 Å². The highest BCUT2D eigenvalue weighted by Crippen LogP contribution is 2.31. The number of hydrogen-bond donors (Lipinski definition) is 1. The molecule has 120 valence electrons. The summed E-state index contributed by atoms with van der Waals surface area (Å²) in [5, 5.41) is 8.14. The molecule has 0 bridgehead atoms. The summed E-state index contributed by atoms with van der Waals surface area (Å²) in [4.78, 5) is 11.2. The fraction of sp³-hybridized carbons (Fsp3) is 0.357. The summed E-state index contributed by atoms with van der Waals surface area (Å²) >= 11 is 5.65. The van der Waals surface area contributed by atoms with Crippen molar-refractivity contribution in [2.75, 3.05) is 11.4 Å². The molecule has 1 unspecified atom stereocenters. The first-order chi connectivity index (χ1) is 10.2. The minimum absolute atomic E-state index is 0.149. The number of carboxylic acids is 1. The van der Waals surface area contributed by atoms with Gasteiger partial charge in [-0.25, -0.2) is 17.6 Å². The molecule has 0 saturated heterocycles. The molecule has 0 amide bonds. The summed E-state index contributed by atoms with van der Waals surface area (Å²) in [6.07, 6.45) is 2.70. The van der Waals surface area contributed by atoms with Gasteiger partial charge in [-0.2, -0.15) is 0 Å². The Labute approximate surface area is 133 Å². The number of nitrogens with zero attached hydrogens (tertiary/aromatic N) is 1. The normalized spacial score (nSPS) is 18.7. The standard InChI is InChI=1S/C14H15ClFNO4S/c1-17(12-7-6-9(15)8-11(12)16)22(20,21)13-5-3-2-4-10(13)14(18)19/h4,6-8,13H,2-3,5H2,1H3,(H,18,19). The van der Waals surface area contributed by atoms with Crippen LogP contribution in [0.2, 0.25) is 5.02 Å². The molecule has 0 aromatic heterocycles. The van der Waals surface area contributed by atoms with Crippen molar-refractivity contribution in [3.8, 4) is 0 Å². The van der Waals surface area contributed by atoms with Crippen LogP contribution < -0.4 is 4.31 Å². The molecule has 1 aromatic carbocycles. The average Bonchev–Trinajstić information content (AvgIpc) is 2.46. The molecule has 2 rings (SSSR count). The maximum absolute atomic E-state index is 13.9. The zero-order chi connectivity index (χ0) is 16.5. The number of anilines is 1. The van der Waals surface area contributed by atoms with Gasteiger partial charge in [-0.1, -0.05) is 17.7 Å². The molecular weight excluding hydrogens is 333 g/mol. The quantitative estimate of drug-likeness (QED) is 0.908. The number of carbonyl (C=O) groups is 1. The molecule has 1 N–H and O–H groups in total. The van der Waals surface area contributed by atoms with Gasteiger partial charge in [-0.3, -0.25) is 4.31 Å². The highest BCUT2D eigenvalue weighted by Gasteiger charge is 2.37. The lowest BCUT2D eigenvalue weighted by molar-refractivity contribution is -0.132. The highest BCUT2D eigenvalue weighted by atomic mass is 35.5. The average molecular weight is 348 g/mol. The van der Waals surface area contributed by atoms with E-state index in [9.17, 15) is 22.7 Å². The number of aliphatic carboxylic acids is 1. The number of benzene rings is 1. The van der Waals surface area contributed by atoms with Crippen molar-refractivity contribution in [2.24, 2.45) is 0 Å². The van der Waals surface area contributed by atoms with Crippen molar-refractivity contribution in [3.63, 3.8) is 0 Å². The summed E-state index contributed by atoms with van der Waals surface area (Å²) in [7, 11) is -2.84. The Balaban J connectivity index is 2.43. The number of hydrogen-bond acceptors (Lipinski definition) is 3. The molecular formula is C14H15ClFNO4S. The van der Waals surface area contributed by atoms with Gasteiger partial charge in [0.25, 0.3) is 0 Å². The van der Waals surface area contributed by atoms with Crippen molar-refractivity contribution >= 4 is 33.3 Å². The van der Waals surface area contributed by atoms with Crippen LogP contribution in [0, 0.1) is 5.82 Å². The zero-order valence-electron chi connectivity index (χ0n) is 11.8. The van der Waals surface area contributed by atoms with Crippen LogP contribution >= 0.6 is 11.6 Å². The van der Waals surface area contributed by atoms with Crippen LogP contribution in [0.15, 0.2) is 29.8 Å².